The summed E-state index contributed by atoms with van der Waals surface area (Å²) in [5.41, 5.74) is 6.01. The number of halogens is 1. The fraction of sp³-hybridized carbons (Fsp3) is 0.500. The third-order valence-electron chi connectivity index (χ3n) is 4.42. The molecule has 1 fully saturated rings. The van der Waals surface area contributed by atoms with E-state index in [1.807, 2.05) is 0 Å². The topological polar surface area (TPSA) is 130 Å². The van der Waals surface area contributed by atoms with Gasteiger partial charge in [-0.15, -0.1) is 12.4 Å². The number of amides is 2. The molecule has 8 nitrogen and oxygen atoms in total. The highest BCUT2D eigenvalue weighted by atomic mass is 35.5. The van der Waals surface area contributed by atoms with Gasteiger partial charge in [-0.25, -0.2) is 13.1 Å². The predicted octanol–water partition coefficient (Wildman–Crippen LogP) is 0.446. The summed E-state index contributed by atoms with van der Waals surface area (Å²) >= 11 is 0. The molecule has 0 unspecified atom stereocenters. The fourth-order valence-corrected chi connectivity index (χ4v) is 3.80. The standard InChI is InChI=1S/C16H24N4O4S.ClH/c1-18-25(23,24)13-6-3-5-12(8-13)20-15(21)10-19-16(22)14-7-2-4-11(14)9-17;/h3,5-6,8,11,14,18H,2,4,7,9-10,17H2,1H3,(H,19,22)(H,20,21);1H/t11-,14-;/m1./s1. The first-order valence-corrected chi connectivity index (χ1v) is 9.67. The van der Waals surface area contributed by atoms with E-state index in [-0.39, 0.29) is 41.6 Å². The van der Waals surface area contributed by atoms with Crippen LogP contribution >= 0.6 is 12.4 Å². The lowest BCUT2D eigenvalue weighted by Gasteiger charge is -2.17. The summed E-state index contributed by atoms with van der Waals surface area (Å²) in [6.07, 6.45) is 2.70. The van der Waals surface area contributed by atoms with E-state index in [9.17, 15) is 18.0 Å². The minimum absolute atomic E-state index is 0. The molecule has 0 heterocycles. The molecule has 0 radical (unpaired) electrons. The highest BCUT2D eigenvalue weighted by Crippen LogP contribution is 2.30. The molecule has 1 aromatic carbocycles. The van der Waals surface area contributed by atoms with Crippen LogP contribution in [0.25, 0.3) is 0 Å². The number of benzene rings is 1. The molecule has 0 bridgehead atoms. The highest BCUT2D eigenvalue weighted by molar-refractivity contribution is 7.89. The zero-order valence-corrected chi connectivity index (χ0v) is 16.2. The van der Waals surface area contributed by atoms with Gasteiger partial charge in [-0.3, -0.25) is 9.59 Å². The Balaban J connectivity index is 0.00000338. The Kier molecular flexibility index (Phi) is 8.48. The number of hydrogen-bond acceptors (Lipinski definition) is 5. The van der Waals surface area contributed by atoms with Crippen molar-refractivity contribution in [2.45, 2.75) is 24.2 Å². The van der Waals surface area contributed by atoms with Gasteiger partial charge in [0.15, 0.2) is 0 Å². The van der Waals surface area contributed by atoms with Crippen molar-refractivity contribution in [2.75, 3.05) is 25.5 Å². The summed E-state index contributed by atoms with van der Waals surface area (Å²) in [6, 6.07) is 5.89. The third kappa shape index (κ3) is 5.66. The SMILES string of the molecule is CNS(=O)(=O)c1cccc(NC(=O)CNC(=O)[C@@H]2CCC[C@@H]2CN)c1.Cl. The number of carbonyl (C=O) groups is 2. The lowest BCUT2D eigenvalue weighted by molar-refractivity contribution is -0.128. The van der Waals surface area contributed by atoms with E-state index < -0.39 is 15.9 Å². The normalized spacial score (nSPS) is 19.5. The molecule has 0 spiro atoms. The van der Waals surface area contributed by atoms with Crippen LogP contribution in [0.5, 0.6) is 0 Å². The summed E-state index contributed by atoms with van der Waals surface area (Å²) in [6.45, 7) is 0.298. The van der Waals surface area contributed by atoms with Gasteiger partial charge < -0.3 is 16.4 Å². The van der Waals surface area contributed by atoms with Crippen LogP contribution in [0.3, 0.4) is 0 Å². The summed E-state index contributed by atoms with van der Waals surface area (Å²) in [5.74, 6) is -0.544. The monoisotopic (exact) mass is 404 g/mol. The van der Waals surface area contributed by atoms with Crippen LogP contribution in [-0.2, 0) is 19.6 Å². The van der Waals surface area contributed by atoms with Gasteiger partial charge in [-0.1, -0.05) is 12.5 Å². The minimum atomic E-state index is -3.59. The number of rotatable bonds is 7. The number of carbonyl (C=O) groups excluding carboxylic acids is 2. The van der Waals surface area contributed by atoms with Crippen molar-refractivity contribution < 1.29 is 18.0 Å². The van der Waals surface area contributed by atoms with Crippen molar-refractivity contribution in [1.29, 1.82) is 0 Å². The van der Waals surface area contributed by atoms with Crippen molar-refractivity contribution in [3.63, 3.8) is 0 Å². The number of nitrogens with two attached hydrogens (primary N) is 1. The second-order valence-corrected chi connectivity index (χ2v) is 7.92. The highest BCUT2D eigenvalue weighted by Gasteiger charge is 2.31. The van der Waals surface area contributed by atoms with Crippen molar-refractivity contribution in [3.8, 4) is 0 Å². The van der Waals surface area contributed by atoms with Crippen LogP contribution in [-0.4, -0.2) is 40.4 Å². The molecule has 2 atom stereocenters. The summed E-state index contributed by atoms with van der Waals surface area (Å²) < 4.78 is 25.7. The van der Waals surface area contributed by atoms with Gasteiger partial charge in [-0.2, -0.15) is 0 Å². The lowest BCUT2D eigenvalue weighted by Crippen LogP contribution is -2.39. The second-order valence-electron chi connectivity index (χ2n) is 6.03. The Hall–Kier alpha value is -1.68. The molecule has 1 aliphatic carbocycles. The zero-order chi connectivity index (χ0) is 18.4. The summed E-state index contributed by atoms with van der Waals surface area (Å²) in [5, 5.41) is 5.21. The van der Waals surface area contributed by atoms with E-state index in [1.165, 1.54) is 25.2 Å². The van der Waals surface area contributed by atoms with E-state index in [2.05, 4.69) is 15.4 Å². The zero-order valence-electron chi connectivity index (χ0n) is 14.5. The van der Waals surface area contributed by atoms with Crippen molar-refractivity contribution in [2.24, 2.45) is 17.6 Å². The largest absolute Gasteiger partial charge is 0.347 e. The number of anilines is 1. The Morgan fingerprint density at radius 2 is 2.00 bits per heavy atom. The molecular formula is C16H25ClN4O4S. The lowest BCUT2D eigenvalue weighted by atomic mass is 9.95. The average molecular weight is 405 g/mol. The minimum Gasteiger partial charge on any atom is -0.347 e. The Bertz CT molecular complexity index is 742. The van der Waals surface area contributed by atoms with Gasteiger partial charge in [0.1, 0.15) is 0 Å². The molecule has 146 valence electrons. The van der Waals surface area contributed by atoms with Gasteiger partial charge in [0.05, 0.1) is 11.4 Å². The molecule has 1 aromatic rings. The maximum Gasteiger partial charge on any atom is 0.243 e. The number of nitrogens with one attached hydrogen (secondary N) is 3. The molecule has 0 aliphatic heterocycles. The maximum atomic E-state index is 12.2. The summed E-state index contributed by atoms with van der Waals surface area (Å²) in [4.78, 5) is 24.2. The molecule has 0 saturated heterocycles. The van der Waals surface area contributed by atoms with E-state index in [0.717, 1.165) is 19.3 Å². The quantitative estimate of drug-likeness (QED) is 0.524. The molecule has 26 heavy (non-hydrogen) atoms. The van der Waals surface area contributed by atoms with Crippen molar-refractivity contribution in [3.05, 3.63) is 24.3 Å². The molecular weight excluding hydrogens is 380 g/mol. The Labute approximate surface area is 159 Å². The number of hydrogen-bond donors (Lipinski definition) is 4. The summed E-state index contributed by atoms with van der Waals surface area (Å²) in [7, 11) is -2.27. The van der Waals surface area contributed by atoms with Gasteiger partial charge in [0.25, 0.3) is 0 Å². The molecule has 1 aliphatic rings. The van der Waals surface area contributed by atoms with E-state index in [1.54, 1.807) is 6.07 Å². The predicted molar refractivity (Wildman–Crippen MR) is 101 cm³/mol. The number of sulfonamides is 1. The van der Waals surface area contributed by atoms with E-state index in [0.29, 0.717) is 12.2 Å². The third-order valence-corrected chi connectivity index (χ3v) is 5.83. The Morgan fingerprint density at radius 1 is 1.27 bits per heavy atom. The average Bonchev–Trinajstić information content (AvgIpc) is 3.08. The van der Waals surface area contributed by atoms with Crippen LogP contribution in [0.1, 0.15) is 19.3 Å². The first kappa shape index (κ1) is 22.4. The van der Waals surface area contributed by atoms with Crippen LogP contribution in [0, 0.1) is 11.8 Å². The van der Waals surface area contributed by atoms with Gasteiger partial charge in [-0.05, 0) is 50.6 Å². The van der Waals surface area contributed by atoms with Gasteiger partial charge in [0.2, 0.25) is 21.8 Å². The Morgan fingerprint density at radius 3 is 2.65 bits per heavy atom. The fourth-order valence-electron chi connectivity index (χ4n) is 3.03. The van der Waals surface area contributed by atoms with Crippen molar-refractivity contribution >= 4 is 39.9 Å². The van der Waals surface area contributed by atoms with Gasteiger partial charge >= 0.3 is 0 Å². The maximum absolute atomic E-state index is 12.2. The first-order chi connectivity index (χ1) is 11.9. The van der Waals surface area contributed by atoms with Crippen molar-refractivity contribution in [1.82, 2.24) is 10.0 Å². The second kappa shape index (κ2) is 9.86. The molecule has 5 N–H and O–H groups in total. The van der Waals surface area contributed by atoms with E-state index >= 15 is 0 Å². The molecule has 2 rings (SSSR count). The molecule has 0 aromatic heterocycles. The van der Waals surface area contributed by atoms with Crippen LogP contribution in [0.15, 0.2) is 29.2 Å². The molecule has 2 amide bonds. The van der Waals surface area contributed by atoms with Crippen LogP contribution < -0.4 is 21.1 Å². The van der Waals surface area contributed by atoms with E-state index in [4.69, 9.17) is 5.73 Å². The smallest absolute Gasteiger partial charge is 0.243 e. The molecule has 10 heteroatoms. The van der Waals surface area contributed by atoms with Crippen LogP contribution in [0.4, 0.5) is 5.69 Å². The van der Waals surface area contributed by atoms with Gasteiger partial charge in [0, 0.05) is 11.6 Å². The molecule has 1 saturated carbocycles. The first-order valence-electron chi connectivity index (χ1n) is 8.18. The van der Waals surface area contributed by atoms with Crippen LogP contribution in [0.2, 0.25) is 0 Å².